The zero-order chi connectivity index (χ0) is 13.5. The topological polar surface area (TPSA) is 48.0 Å². The van der Waals surface area contributed by atoms with Gasteiger partial charge in [-0.05, 0) is 19.1 Å². The molecule has 1 amide bonds. The molecule has 6 heteroatoms. The van der Waals surface area contributed by atoms with E-state index in [0.29, 0.717) is 38.7 Å². The van der Waals surface area contributed by atoms with Crippen LogP contribution in [-0.2, 0) is 42.2 Å². The molecule has 1 aliphatic heterocycles. The van der Waals surface area contributed by atoms with Crippen LogP contribution in [0.15, 0.2) is 24.3 Å². The van der Waals surface area contributed by atoms with E-state index < -0.39 is 0 Å². The van der Waals surface area contributed by atoms with Crippen LogP contribution in [0, 0.1) is 0 Å². The van der Waals surface area contributed by atoms with Gasteiger partial charge in [0.05, 0.1) is 13.2 Å². The first-order chi connectivity index (χ1) is 9.33. The average Bonchev–Trinajstić information content (AvgIpc) is 2.47. The second-order valence-corrected chi connectivity index (χ2v) is 4.22. The fraction of sp³-hybridized carbons (Fsp3) is 0.500. The third-order valence-corrected chi connectivity index (χ3v) is 2.84. The van der Waals surface area contributed by atoms with Crippen LogP contribution in [0.4, 0.5) is 0 Å². The SMILES string of the molecule is CCOc1ccccc1OCC1CN([C-]=O)CCO1.[Y]. The molecule has 0 bridgehead atoms. The molecule has 1 heterocycles. The number of nitrogens with zero attached hydrogens (tertiary/aromatic N) is 1. The van der Waals surface area contributed by atoms with Gasteiger partial charge in [0.25, 0.3) is 0 Å². The maximum Gasteiger partial charge on any atom is 0.161 e. The first kappa shape index (κ1) is 17.4. The molecule has 107 valence electrons. The van der Waals surface area contributed by atoms with Gasteiger partial charge in [0.2, 0.25) is 0 Å². The van der Waals surface area contributed by atoms with Gasteiger partial charge in [-0.15, -0.1) is 0 Å². The number of amides is 1. The normalized spacial score (nSPS) is 18.1. The van der Waals surface area contributed by atoms with Crippen molar-refractivity contribution in [2.45, 2.75) is 13.0 Å². The first-order valence-corrected chi connectivity index (χ1v) is 6.42. The molecule has 0 saturated carbocycles. The molecule has 1 atom stereocenters. The maximum atomic E-state index is 10.6. The summed E-state index contributed by atoms with van der Waals surface area (Å²) in [6.45, 7) is 4.54. The van der Waals surface area contributed by atoms with Crippen molar-refractivity contribution >= 4 is 6.41 Å². The van der Waals surface area contributed by atoms with E-state index in [0.717, 1.165) is 5.75 Å². The summed E-state index contributed by atoms with van der Waals surface area (Å²) >= 11 is 0. The standard InChI is InChI=1S/C14H18NO4.Y/c1-2-17-13-5-3-4-6-14(13)19-10-12-9-15(11-16)7-8-18-12;/h3-6,12H,2,7-10H2,1H3;/q-1;. The van der Waals surface area contributed by atoms with E-state index in [1.165, 1.54) is 0 Å². The fourth-order valence-corrected chi connectivity index (χ4v) is 1.93. The number of carbonyl (C=O) groups excluding carboxylic acids is 1. The Labute approximate surface area is 144 Å². The molecule has 1 aromatic carbocycles. The summed E-state index contributed by atoms with van der Waals surface area (Å²) in [5, 5.41) is 0. The predicted octanol–water partition coefficient (Wildman–Crippen LogP) is 1.23. The van der Waals surface area contributed by atoms with E-state index in [4.69, 9.17) is 14.2 Å². The molecule has 1 aliphatic rings. The largest absolute Gasteiger partial charge is 0.520 e. The predicted molar refractivity (Wildman–Crippen MR) is 70.1 cm³/mol. The van der Waals surface area contributed by atoms with Crippen molar-refractivity contribution in [1.29, 1.82) is 0 Å². The van der Waals surface area contributed by atoms with Crippen LogP contribution in [0.5, 0.6) is 11.5 Å². The first-order valence-electron chi connectivity index (χ1n) is 6.42. The Morgan fingerprint density at radius 2 is 2.05 bits per heavy atom. The maximum absolute atomic E-state index is 10.6. The Morgan fingerprint density at radius 1 is 1.35 bits per heavy atom. The van der Waals surface area contributed by atoms with Crippen LogP contribution in [0.2, 0.25) is 0 Å². The van der Waals surface area contributed by atoms with Gasteiger partial charge in [-0.3, -0.25) is 0 Å². The minimum Gasteiger partial charge on any atom is -0.520 e. The summed E-state index contributed by atoms with van der Waals surface area (Å²) in [6.07, 6.45) is 1.77. The fourth-order valence-electron chi connectivity index (χ4n) is 1.93. The number of rotatable bonds is 6. The minimum absolute atomic E-state index is 0. The Hall–Kier alpha value is -0.646. The summed E-state index contributed by atoms with van der Waals surface area (Å²) in [7, 11) is 0. The van der Waals surface area contributed by atoms with E-state index in [2.05, 4.69) is 0 Å². The van der Waals surface area contributed by atoms with Gasteiger partial charge in [-0.2, -0.15) is 6.41 Å². The van der Waals surface area contributed by atoms with Crippen molar-refractivity contribution < 1.29 is 51.7 Å². The van der Waals surface area contributed by atoms with E-state index in [1.807, 2.05) is 37.6 Å². The smallest absolute Gasteiger partial charge is 0.161 e. The Morgan fingerprint density at radius 3 is 2.70 bits per heavy atom. The summed E-state index contributed by atoms with van der Waals surface area (Å²) < 4.78 is 16.7. The number of ether oxygens (including phenoxy) is 3. The zero-order valence-corrected chi connectivity index (χ0v) is 14.4. The van der Waals surface area contributed by atoms with E-state index in [-0.39, 0.29) is 38.8 Å². The molecule has 0 aliphatic carbocycles. The van der Waals surface area contributed by atoms with Crippen molar-refractivity contribution in [3.8, 4) is 11.5 Å². The number of hydrogen-bond donors (Lipinski definition) is 0. The molecular formula is C14H18NO4Y-. The Kier molecular flexibility index (Phi) is 8.11. The van der Waals surface area contributed by atoms with Crippen molar-refractivity contribution in [2.75, 3.05) is 32.9 Å². The summed E-state index contributed by atoms with van der Waals surface area (Å²) in [6, 6.07) is 7.52. The second-order valence-electron chi connectivity index (χ2n) is 4.22. The number of para-hydroxylation sites is 2. The Bertz CT molecular complexity index is 416. The van der Waals surface area contributed by atoms with Gasteiger partial charge in [-0.25, -0.2) is 0 Å². The van der Waals surface area contributed by atoms with Crippen molar-refractivity contribution in [3.05, 3.63) is 24.3 Å². The third-order valence-electron chi connectivity index (χ3n) is 2.84. The molecular weight excluding hydrogens is 335 g/mol. The molecule has 20 heavy (non-hydrogen) atoms. The molecule has 0 N–H and O–H groups in total. The number of hydrogen-bond acceptors (Lipinski definition) is 4. The number of morpholine rings is 1. The average molecular weight is 353 g/mol. The van der Waals surface area contributed by atoms with Crippen LogP contribution < -0.4 is 9.47 Å². The van der Waals surface area contributed by atoms with Gasteiger partial charge in [0.1, 0.15) is 12.7 Å². The quantitative estimate of drug-likeness (QED) is 0.722. The van der Waals surface area contributed by atoms with Crippen LogP contribution in [0.1, 0.15) is 6.92 Å². The van der Waals surface area contributed by atoms with Crippen LogP contribution in [0.25, 0.3) is 0 Å². The molecule has 1 saturated heterocycles. The van der Waals surface area contributed by atoms with Crippen molar-refractivity contribution in [3.63, 3.8) is 0 Å². The van der Waals surface area contributed by atoms with Crippen LogP contribution >= 0.6 is 0 Å². The van der Waals surface area contributed by atoms with E-state index in [9.17, 15) is 4.79 Å². The molecule has 5 nitrogen and oxygen atoms in total. The van der Waals surface area contributed by atoms with Crippen LogP contribution in [0.3, 0.4) is 0 Å². The van der Waals surface area contributed by atoms with E-state index in [1.54, 1.807) is 4.90 Å². The molecule has 1 radical (unpaired) electrons. The van der Waals surface area contributed by atoms with Gasteiger partial charge in [0.15, 0.2) is 11.5 Å². The Balaban J connectivity index is 0.00000200. The number of benzene rings is 1. The molecule has 1 unspecified atom stereocenters. The molecule has 2 rings (SSSR count). The van der Waals surface area contributed by atoms with Gasteiger partial charge < -0.3 is 23.9 Å². The molecule has 0 aromatic heterocycles. The van der Waals surface area contributed by atoms with Crippen LogP contribution in [-0.4, -0.2) is 50.3 Å². The zero-order valence-electron chi connectivity index (χ0n) is 11.6. The van der Waals surface area contributed by atoms with Gasteiger partial charge in [0, 0.05) is 45.8 Å². The third kappa shape index (κ3) is 5.04. The summed E-state index contributed by atoms with van der Waals surface area (Å²) in [4.78, 5) is 12.2. The molecule has 1 aromatic rings. The van der Waals surface area contributed by atoms with Gasteiger partial charge >= 0.3 is 0 Å². The minimum atomic E-state index is -0.120. The van der Waals surface area contributed by atoms with Crippen molar-refractivity contribution in [1.82, 2.24) is 4.90 Å². The summed E-state index contributed by atoms with van der Waals surface area (Å²) in [5.41, 5.74) is 0. The molecule has 1 fully saturated rings. The van der Waals surface area contributed by atoms with Gasteiger partial charge in [-0.1, -0.05) is 12.1 Å². The molecule has 0 spiro atoms. The monoisotopic (exact) mass is 353 g/mol. The summed E-state index contributed by atoms with van der Waals surface area (Å²) in [5.74, 6) is 1.42. The second kappa shape index (κ2) is 9.32. The van der Waals surface area contributed by atoms with Crippen molar-refractivity contribution in [2.24, 2.45) is 0 Å². The van der Waals surface area contributed by atoms with E-state index >= 15 is 0 Å².